The molecule has 1 amide bonds. The van der Waals surface area contributed by atoms with Crippen molar-refractivity contribution in [2.45, 2.75) is 20.3 Å². The number of halogens is 2. The first kappa shape index (κ1) is 19.4. The minimum absolute atomic E-state index is 0.0608. The van der Waals surface area contributed by atoms with Gasteiger partial charge in [0, 0.05) is 0 Å². The highest BCUT2D eigenvalue weighted by molar-refractivity contribution is 5.93. The summed E-state index contributed by atoms with van der Waals surface area (Å²) < 4.78 is 37.1. The zero-order chi connectivity index (χ0) is 19.1. The lowest BCUT2D eigenvalue weighted by Crippen LogP contribution is -2.22. The molecule has 0 unspecified atom stereocenters. The minimum Gasteiger partial charge on any atom is -0.493 e. The second kappa shape index (κ2) is 8.94. The predicted octanol–water partition coefficient (Wildman–Crippen LogP) is 3.53. The lowest BCUT2D eigenvalue weighted by molar-refractivity contribution is -0.147. The molecule has 26 heavy (non-hydrogen) atoms. The number of benzene rings is 2. The van der Waals surface area contributed by atoms with E-state index in [0.29, 0.717) is 5.75 Å². The van der Waals surface area contributed by atoms with Crippen molar-refractivity contribution in [3.63, 3.8) is 0 Å². The summed E-state index contributed by atoms with van der Waals surface area (Å²) in [5.41, 5.74) is 1.40. The molecule has 0 fully saturated rings. The molecule has 2 aromatic carbocycles. The molecule has 0 bridgehead atoms. The van der Waals surface area contributed by atoms with Gasteiger partial charge in [-0.3, -0.25) is 9.59 Å². The first-order chi connectivity index (χ1) is 12.4. The second-order valence-corrected chi connectivity index (χ2v) is 5.67. The number of amides is 1. The average Bonchev–Trinajstić information content (AvgIpc) is 2.59. The average molecular weight is 363 g/mol. The third kappa shape index (κ3) is 5.54. The van der Waals surface area contributed by atoms with Gasteiger partial charge in [0.25, 0.3) is 5.91 Å². The van der Waals surface area contributed by atoms with Crippen molar-refractivity contribution in [1.29, 1.82) is 0 Å². The van der Waals surface area contributed by atoms with Crippen LogP contribution in [0.3, 0.4) is 0 Å². The van der Waals surface area contributed by atoms with Crippen LogP contribution in [-0.2, 0) is 14.3 Å². The van der Waals surface area contributed by atoms with E-state index in [9.17, 15) is 18.4 Å². The largest absolute Gasteiger partial charge is 0.493 e. The molecule has 7 heteroatoms. The number of carbonyl (C=O) groups is 2. The van der Waals surface area contributed by atoms with Crippen molar-refractivity contribution < 1.29 is 27.8 Å². The number of aryl methyl sites for hydroxylation is 2. The van der Waals surface area contributed by atoms with Crippen LogP contribution in [0, 0.1) is 25.5 Å². The third-order valence-electron chi connectivity index (χ3n) is 3.50. The number of hydrogen-bond acceptors (Lipinski definition) is 4. The van der Waals surface area contributed by atoms with Gasteiger partial charge >= 0.3 is 5.97 Å². The van der Waals surface area contributed by atoms with E-state index in [4.69, 9.17) is 9.47 Å². The van der Waals surface area contributed by atoms with Gasteiger partial charge in [0.1, 0.15) is 23.1 Å². The predicted molar refractivity (Wildman–Crippen MR) is 92.0 cm³/mol. The molecule has 2 rings (SSSR count). The van der Waals surface area contributed by atoms with Crippen LogP contribution in [0.5, 0.6) is 5.75 Å². The Kier molecular flexibility index (Phi) is 6.66. The summed E-state index contributed by atoms with van der Waals surface area (Å²) >= 11 is 0. The summed E-state index contributed by atoms with van der Waals surface area (Å²) in [6, 6.07) is 8.92. The first-order valence-corrected chi connectivity index (χ1v) is 7.96. The van der Waals surface area contributed by atoms with Gasteiger partial charge in [-0.15, -0.1) is 0 Å². The van der Waals surface area contributed by atoms with Gasteiger partial charge < -0.3 is 14.8 Å². The smallest absolute Gasteiger partial charge is 0.309 e. The number of rotatable bonds is 7. The quantitative estimate of drug-likeness (QED) is 0.765. The van der Waals surface area contributed by atoms with E-state index in [1.165, 1.54) is 6.07 Å². The van der Waals surface area contributed by atoms with Gasteiger partial charge in [0.15, 0.2) is 6.61 Å². The van der Waals surface area contributed by atoms with Crippen molar-refractivity contribution in [1.82, 2.24) is 0 Å². The van der Waals surface area contributed by atoms with Gasteiger partial charge in [0.05, 0.1) is 13.0 Å². The Morgan fingerprint density at radius 1 is 1.08 bits per heavy atom. The van der Waals surface area contributed by atoms with Gasteiger partial charge in [-0.1, -0.05) is 18.2 Å². The van der Waals surface area contributed by atoms with Crippen molar-refractivity contribution in [2.75, 3.05) is 18.5 Å². The van der Waals surface area contributed by atoms with Crippen molar-refractivity contribution in [3.8, 4) is 5.75 Å². The molecular formula is C19H19F2NO4. The van der Waals surface area contributed by atoms with Crippen molar-refractivity contribution in [3.05, 3.63) is 59.2 Å². The van der Waals surface area contributed by atoms with Crippen LogP contribution < -0.4 is 10.1 Å². The molecule has 0 saturated heterocycles. The van der Waals surface area contributed by atoms with E-state index in [-0.39, 0.29) is 13.0 Å². The molecule has 0 aliphatic heterocycles. The summed E-state index contributed by atoms with van der Waals surface area (Å²) in [5.74, 6) is -2.64. The molecule has 0 heterocycles. The first-order valence-electron chi connectivity index (χ1n) is 7.96. The Balaban J connectivity index is 1.74. The fourth-order valence-electron chi connectivity index (χ4n) is 2.12. The summed E-state index contributed by atoms with van der Waals surface area (Å²) in [7, 11) is 0. The molecule has 0 saturated carbocycles. The maximum atomic E-state index is 13.4. The maximum Gasteiger partial charge on any atom is 0.309 e. The van der Waals surface area contributed by atoms with E-state index in [0.717, 1.165) is 23.3 Å². The number of nitrogens with one attached hydrogen (secondary N) is 1. The molecule has 0 aliphatic rings. The van der Waals surface area contributed by atoms with E-state index < -0.39 is 35.8 Å². The number of anilines is 1. The number of hydrogen-bond donors (Lipinski definition) is 1. The van der Waals surface area contributed by atoms with Crippen molar-refractivity contribution in [2.24, 2.45) is 0 Å². The Bertz CT molecular complexity index is 788. The molecular weight excluding hydrogens is 344 g/mol. The topological polar surface area (TPSA) is 64.6 Å². The van der Waals surface area contributed by atoms with Crippen LogP contribution >= 0.6 is 0 Å². The highest BCUT2D eigenvalue weighted by atomic mass is 19.1. The summed E-state index contributed by atoms with van der Waals surface area (Å²) in [6.07, 6.45) is -0.0608. The van der Waals surface area contributed by atoms with Gasteiger partial charge in [-0.25, -0.2) is 8.78 Å². The Hall–Kier alpha value is -2.96. The zero-order valence-corrected chi connectivity index (χ0v) is 14.5. The maximum absolute atomic E-state index is 13.4. The second-order valence-electron chi connectivity index (χ2n) is 5.67. The van der Waals surface area contributed by atoms with Crippen molar-refractivity contribution >= 4 is 17.6 Å². The normalized spacial score (nSPS) is 10.3. The molecule has 0 atom stereocenters. The highest BCUT2D eigenvalue weighted by Gasteiger charge is 2.13. The van der Waals surface area contributed by atoms with E-state index in [1.807, 2.05) is 37.4 Å². The molecule has 0 spiro atoms. The van der Waals surface area contributed by atoms with Crippen LogP contribution in [-0.4, -0.2) is 25.1 Å². The number of carbonyl (C=O) groups excluding carboxylic acids is 2. The highest BCUT2D eigenvalue weighted by Crippen LogP contribution is 2.19. The van der Waals surface area contributed by atoms with Crippen LogP contribution in [0.4, 0.5) is 14.5 Å². The Morgan fingerprint density at radius 2 is 1.77 bits per heavy atom. The summed E-state index contributed by atoms with van der Waals surface area (Å²) in [4.78, 5) is 23.3. The lowest BCUT2D eigenvalue weighted by Gasteiger charge is -2.10. The standard InChI is InChI=1S/C19H19F2NO4/c1-12-6-7-13(2)16(10-12)25-9-8-18(24)26-11-17(23)22-19-14(20)4-3-5-15(19)21/h3-7,10H,8-9,11H2,1-2H3,(H,22,23). The van der Waals surface area contributed by atoms with E-state index in [1.54, 1.807) is 0 Å². The number of ether oxygens (including phenoxy) is 2. The van der Waals surface area contributed by atoms with Gasteiger partial charge in [-0.05, 0) is 43.2 Å². The van der Waals surface area contributed by atoms with Gasteiger partial charge in [0.2, 0.25) is 0 Å². The number of esters is 1. The molecule has 0 radical (unpaired) electrons. The molecule has 5 nitrogen and oxygen atoms in total. The molecule has 1 N–H and O–H groups in total. The van der Waals surface area contributed by atoms with Crippen LogP contribution in [0.25, 0.3) is 0 Å². The Labute approximate surface area is 149 Å². The Morgan fingerprint density at radius 3 is 2.46 bits per heavy atom. The number of para-hydroxylation sites is 1. The summed E-state index contributed by atoms with van der Waals surface area (Å²) in [5, 5.41) is 2.03. The fraction of sp³-hybridized carbons (Fsp3) is 0.263. The van der Waals surface area contributed by atoms with E-state index >= 15 is 0 Å². The molecule has 0 aromatic heterocycles. The van der Waals surface area contributed by atoms with E-state index in [2.05, 4.69) is 0 Å². The van der Waals surface area contributed by atoms with Crippen LogP contribution in [0.15, 0.2) is 36.4 Å². The van der Waals surface area contributed by atoms with Gasteiger partial charge in [-0.2, -0.15) is 0 Å². The van der Waals surface area contributed by atoms with Crippen LogP contribution in [0.2, 0.25) is 0 Å². The SMILES string of the molecule is Cc1ccc(C)c(OCCC(=O)OCC(=O)Nc2c(F)cccc2F)c1. The third-order valence-corrected chi connectivity index (χ3v) is 3.50. The summed E-state index contributed by atoms with van der Waals surface area (Å²) in [6.45, 7) is 3.26. The zero-order valence-electron chi connectivity index (χ0n) is 14.5. The monoisotopic (exact) mass is 363 g/mol. The minimum atomic E-state index is -0.911. The molecule has 2 aromatic rings. The lowest BCUT2D eigenvalue weighted by atomic mass is 10.1. The van der Waals surface area contributed by atoms with Crippen LogP contribution in [0.1, 0.15) is 17.5 Å². The molecule has 138 valence electrons. The molecule has 0 aliphatic carbocycles. The fourth-order valence-corrected chi connectivity index (χ4v) is 2.12.